The summed E-state index contributed by atoms with van der Waals surface area (Å²) in [4.78, 5) is 40.1. The summed E-state index contributed by atoms with van der Waals surface area (Å²) in [5, 5.41) is 22.8. The lowest BCUT2D eigenvalue weighted by Crippen LogP contribution is -2.52. The molecule has 2 amide bonds. The third-order valence-corrected chi connectivity index (χ3v) is 7.61. The van der Waals surface area contributed by atoms with Gasteiger partial charge in [0, 0.05) is 18.2 Å². The standard InChI is InChI=1S/C27H39F2N3O5/c1-27(2,3)25(30-26(36)18(14-31(37)16-34)11-17-7-4-5-8-17)24(35)20-12-21(28)22(29)13-23(20)32-10-6-9-19(32)15-33/h12-13,16-19,25,33,37H,4-11,14-15H2,1-3H3,(H,30,36)/t18-,19+,25-/m1/s1. The van der Waals surface area contributed by atoms with E-state index in [1.54, 1.807) is 25.7 Å². The number of aliphatic hydroxyl groups is 1. The van der Waals surface area contributed by atoms with Gasteiger partial charge in [-0.2, -0.15) is 0 Å². The predicted molar refractivity (Wildman–Crippen MR) is 134 cm³/mol. The Morgan fingerprint density at radius 1 is 1.16 bits per heavy atom. The van der Waals surface area contributed by atoms with Crippen LogP contribution in [0.5, 0.6) is 0 Å². The fourth-order valence-corrected chi connectivity index (χ4v) is 5.59. The monoisotopic (exact) mass is 523 g/mol. The summed E-state index contributed by atoms with van der Waals surface area (Å²) in [5.74, 6) is -3.79. The molecule has 3 rings (SSSR count). The van der Waals surface area contributed by atoms with Gasteiger partial charge < -0.3 is 15.3 Å². The van der Waals surface area contributed by atoms with E-state index in [1.165, 1.54) is 0 Å². The van der Waals surface area contributed by atoms with Gasteiger partial charge in [0.05, 0.1) is 36.8 Å². The molecule has 2 fully saturated rings. The van der Waals surface area contributed by atoms with Crippen LogP contribution in [-0.4, -0.2) is 65.3 Å². The number of ketones is 1. The lowest BCUT2D eigenvalue weighted by atomic mass is 9.81. The van der Waals surface area contributed by atoms with Gasteiger partial charge in [0.1, 0.15) is 0 Å². The van der Waals surface area contributed by atoms with E-state index >= 15 is 0 Å². The molecule has 0 aromatic heterocycles. The van der Waals surface area contributed by atoms with Crippen molar-refractivity contribution >= 4 is 23.8 Å². The van der Waals surface area contributed by atoms with Gasteiger partial charge in [0.2, 0.25) is 12.3 Å². The number of halogens is 2. The number of hydrogen-bond donors (Lipinski definition) is 3. The van der Waals surface area contributed by atoms with Crippen molar-refractivity contribution in [1.29, 1.82) is 0 Å². The number of carbonyl (C=O) groups excluding carboxylic acids is 3. The fraction of sp³-hybridized carbons (Fsp3) is 0.667. The smallest absolute Gasteiger partial charge is 0.233 e. The molecule has 1 aliphatic heterocycles. The molecule has 2 aliphatic rings. The number of amides is 2. The summed E-state index contributed by atoms with van der Waals surface area (Å²) in [7, 11) is 0. The molecule has 1 heterocycles. The highest BCUT2D eigenvalue weighted by molar-refractivity contribution is 6.06. The molecule has 1 saturated heterocycles. The lowest BCUT2D eigenvalue weighted by molar-refractivity contribution is -0.155. The molecule has 3 atom stereocenters. The van der Waals surface area contributed by atoms with E-state index in [2.05, 4.69) is 5.32 Å². The number of aliphatic hydroxyl groups excluding tert-OH is 1. The summed E-state index contributed by atoms with van der Waals surface area (Å²) >= 11 is 0. The van der Waals surface area contributed by atoms with Gasteiger partial charge in [0.25, 0.3) is 0 Å². The van der Waals surface area contributed by atoms with Crippen LogP contribution in [0.15, 0.2) is 12.1 Å². The first-order chi connectivity index (χ1) is 17.5. The van der Waals surface area contributed by atoms with Gasteiger partial charge in [-0.3, -0.25) is 19.6 Å². The number of hydrogen-bond acceptors (Lipinski definition) is 6. The quantitative estimate of drug-likeness (QED) is 0.177. The largest absolute Gasteiger partial charge is 0.394 e. The van der Waals surface area contributed by atoms with Crippen molar-refractivity contribution in [1.82, 2.24) is 10.4 Å². The number of carbonyl (C=O) groups is 3. The van der Waals surface area contributed by atoms with Crippen molar-refractivity contribution in [2.24, 2.45) is 17.3 Å². The Balaban J connectivity index is 1.93. The summed E-state index contributed by atoms with van der Waals surface area (Å²) in [6, 6.07) is 0.430. The predicted octanol–water partition coefficient (Wildman–Crippen LogP) is 3.68. The third-order valence-electron chi connectivity index (χ3n) is 7.61. The number of rotatable bonds is 11. The zero-order chi connectivity index (χ0) is 27.3. The molecule has 1 saturated carbocycles. The first-order valence-corrected chi connectivity index (χ1v) is 13.1. The minimum atomic E-state index is -1.17. The average Bonchev–Trinajstić information content (AvgIpc) is 3.54. The van der Waals surface area contributed by atoms with Crippen LogP contribution in [0, 0.1) is 28.9 Å². The van der Waals surface area contributed by atoms with Crippen LogP contribution < -0.4 is 10.2 Å². The Morgan fingerprint density at radius 2 is 1.81 bits per heavy atom. The highest BCUT2D eigenvalue weighted by atomic mass is 19.2. The minimum absolute atomic E-state index is 0.0662. The molecule has 0 radical (unpaired) electrons. The molecule has 0 unspecified atom stereocenters. The maximum absolute atomic E-state index is 14.4. The van der Waals surface area contributed by atoms with E-state index in [1.807, 2.05) is 0 Å². The second-order valence-electron chi connectivity index (χ2n) is 11.4. The molecule has 0 spiro atoms. The average molecular weight is 524 g/mol. The van der Waals surface area contributed by atoms with Crippen molar-refractivity contribution in [3.05, 3.63) is 29.3 Å². The fourth-order valence-electron chi connectivity index (χ4n) is 5.59. The Hall–Kier alpha value is -2.59. The van der Waals surface area contributed by atoms with E-state index in [4.69, 9.17) is 0 Å². The molecule has 10 heteroatoms. The first-order valence-electron chi connectivity index (χ1n) is 13.1. The molecule has 206 valence electrons. The Kier molecular flexibility index (Phi) is 9.63. The second-order valence-corrected chi connectivity index (χ2v) is 11.4. The van der Waals surface area contributed by atoms with E-state index in [-0.39, 0.29) is 42.8 Å². The zero-order valence-corrected chi connectivity index (χ0v) is 21.9. The summed E-state index contributed by atoms with van der Waals surface area (Å²) in [5.41, 5.74) is -0.671. The van der Waals surface area contributed by atoms with Gasteiger partial charge >= 0.3 is 0 Å². The molecule has 1 aromatic carbocycles. The van der Waals surface area contributed by atoms with Crippen LogP contribution in [0.1, 0.15) is 76.1 Å². The number of benzene rings is 1. The summed E-state index contributed by atoms with van der Waals surface area (Å²) in [6.45, 7) is 5.36. The lowest BCUT2D eigenvalue weighted by Gasteiger charge is -2.34. The molecule has 37 heavy (non-hydrogen) atoms. The molecule has 3 N–H and O–H groups in total. The van der Waals surface area contributed by atoms with Crippen molar-refractivity contribution in [3.8, 4) is 0 Å². The Labute approximate surface area is 217 Å². The van der Waals surface area contributed by atoms with Crippen molar-refractivity contribution in [3.63, 3.8) is 0 Å². The third kappa shape index (κ3) is 7.04. The van der Waals surface area contributed by atoms with Crippen LogP contribution in [0.25, 0.3) is 0 Å². The number of Topliss-reactive ketones (excluding diaryl/α,β-unsaturated/α-hetero) is 1. The number of nitrogens with zero attached hydrogens (tertiary/aromatic N) is 2. The van der Waals surface area contributed by atoms with Gasteiger partial charge in [0.15, 0.2) is 17.4 Å². The normalized spacial score (nSPS) is 20.1. The van der Waals surface area contributed by atoms with Gasteiger partial charge in [-0.15, -0.1) is 0 Å². The molecule has 0 bridgehead atoms. The van der Waals surface area contributed by atoms with Crippen molar-refractivity contribution < 1.29 is 33.5 Å². The van der Waals surface area contributed by atoms with Gasteiger partial charge in [-0.1, -0.05) is 46.5 Å². The van der Waals surface area contributed by atoms with Crippen molar-refractivity contribution in [2.75, 3.05) is 24.6 Å². The number of anilines is 1. The van der Waals surface area contributed by atoms with Crippen LogP contribution in [0.3, 0.4) is 0 Å². The van der Waals surface area contributed by atoms with E-state index in [9.17, 15) is 33.5 Å². The van der Waals surface area contributed by atoms with E-state index < -0.39 is 40.7 Å². The zero-order valence-electron chi connectivity index (χ0n) is 21.9. The molecule has 1 aliphatic carbocycles. The van der Waals surface area contributed by atoms with Gasteiger partial charge in [-0.05, 0) is 36.7 Å². The Bertz CT molecular complexity index is 978. The molecular weight excluding hydrogens is 484 g/mol. The minimum Gasteiger partial charge on any atom is -0.394 e. The topological polar surface area (TPSA) is 110 Å². The van der Waals surface area contributed by atoms with Crippen LogP contribution >= 0.6 is 0 Å². The summed E-state index contributed by atoms with van der Waals surface area (Å²) in [6.07, 6.45) is 6.11. The SMILES string of the molecule is CC(C)(C)[C@H](NC(=O)[C@H](CC1CCCC1)CN(O)C=O)C(=O)c1cc(F)c(F)cc1N1CCC[C@H]1CO. The first kappa shape index (κ1) is 29.0. The van der Waals surface area contributed by atoms with Crippen LogP contribution in [0.4, 0.5) is 14.5 Å². The van der Waals surface area contributed by atoms with Crippen LogP contribution in [0.2, 0.25) is 0 Å². The number of hydroxylamine groups is 2. The second kappa shape index (κ2) is 12.3. The van der Waals surface area contributed by atoms with Crippen LogP contribution in [-0.2, 0) is 9.59 Å². The van der Waals surface area contributed by atoms with E-state index in [0.29, 0.717) is 24.4 Å². The van der Waals surface area contributed by atoms with Gasteiger partial charge in [-0.25, -0.2) is 13.8 Å². The van der Waals surface area contributed by atoms with E-state index in [0.717, 1.165) is 44.2 Å². The highest BCUT2D eigenvalue weighted by Crippen LogP contribution is 2.34. The number of nitrogens with one attached hydrogen (secondary N) is 1. The highest BCUT2D eigenvalue weighted by Gasteiger charge is 2.39. The Morgan fingerprint density at radius 3 is 2.41 bits per heavy atom. The maximum Gasteiger partial charge on any atom is 0.233 e. The molecule has 1 aromatic rings. The maximum atomic E-state index is 14.4. The van der Waals surface area contributed by atoms with Crippen molar-refractivity contribution in [2.45, 2.75) is 77.8 Å². The molecule has 8 nitrogen and oxygen atoms in total. The molecular formula is C27H39F2N3O5. The summed E-state index contributed by atoms with van der Waals surface area (Å²) < 4.78 is 28.7.